The van der Waals surface area contributed by atoms with Crippen molar-refractivity contribution in [1.29, 1.82) is 0 Å². The van der Waals surface area contributed by atoms with Gasteiger partial charge in [0.25, 0.3) is 0 Å². The summed E-state index contributed by atoms with van der Waals surface area (Å²) in [6.07, 6.45) is 4.32. The van der Waals surface area contributed by atoms with Gasteiger partial charge in [0.2, 0.25) is 5.95 Å². The normalized spacial score (nSPS) is 10.5. The number of hydrogen-bond donors (Lipinski definition) is 1. The van der Waals surface area contributed by atoms with Crippen LogP contribution in [-0.4, -0.2) is 19.7 Å². The fourth-order valence-corrected chi connectivity index (χ4v) is 1.24. The summed E-state index contributed by atoms with van der Waals surface area (Å²) in [5.74, 6) is -0.449. The molecule has 15 heavy (non-hydrogen) atoms. The van der Waals surface area contributed by atoms with Gasteiger partial charge >= 0.3 is 0 Å². The maximum atomic E-state index is 13.4. The number of nitrogens with two attached hydrogens (primary N) is 1. The number of hydrogen-bond acceptors (Lipinski definition) is 4. The first-order valence-corrected chi connectivity index (χ1v) is 4.51. The molecule has 0 amide bonds. The average Bonchev–Trinajstić information content (AvgIpc) is 2.70. The molecule has 0 aromatic carbocycles. The van der Waals surface area contributed by atoms with Gasteiger partial charge in [0.05, 0.1) is 12.4 Å². The van der Waals surface area contributed by atoms with Crippen LogP contribution in [0.2, 0.25) is 0 Å². The highest BCUT2D eigenvalue weighted by Crippen LogP contribution is 2.19. The maximum Gasteiger partial charge on any atom is 0.220 e. The lowest BCUT2D eigenvalue weighted by molar-refractivity contribution is 0.619. The number of halogens is 1. The van der Waals surface area contributed by atoms with Crippen molar-refractivity contribution in [2.45, 2.75) is 13.5 Å². The van der Waals surface area contributed by atoms with Gasteiger partial charge in [0.15, 0.2) is 5.82 Å². The fourth-order valence-electron chi connectivity index (χ4n) is 1.24. The minimum atomic E-state index is -0.500. The number of nitrogens with zero attached hydrogens (tertiary/aromatic N) is 4. The lowest BCUT2D eigenvalue weighted by Gasteiger charge is -1.99. The van der Waals surface area contributed by atoms with Gasteiger partial charge in [-0.25, -0.2) is 14.4 Å². The molecule has 0 aliphatic carbocycles. The Morgan fingerprint density at radius 1 is 1.47 bits per heavy atom. The molecular formula is C9H10FN5. The van der Waals surface area contributed by atoms with Crippen LogP contribution in [-0.2, 0) is 6.54 Å². The van der Waals surface area contributed by atoms with Crippen molar-refractivity contribution >= 4 is 5.95 Å². The van der Waals surface area contributed by atoms with Crippen LogP contribution < -0.4 is 5.73 Å². The van der Waals surface area contributed by atoms with E-state index in [-0.39, 0.29) is 11.6 Å². The zero-order valence-corrected chi connectivity index (χ0v) is 8.18. The lowest BCUT2D eigenvalue weighted by Crippen LogP contribution is -1.98. The second kappa shape index (κ2) is 3.64. The molecule has 0 spiro atoms. The van der Waals surface area contributed by atoms with Crippen molar-refractivity contribution in [3.05, 3.63) is 24.4 Å². The highest BCUT2D eigenvalue weighted by atomic mass is 19.1. The summed E-state index contributed by atoms with van der Waals surface area (Å²) in [6, 6.07) is 0. The molecule has 0 fully saturated rings. The number of rotatable bonds is 2. The molecule has 5 nitrogen and oxygen atoms in total. The van der Waals surface area contributed by atoms with Crippen molar-refractivity contribution in [2.24, 2.45) is 0 Å². The third-order valence-electron chi connectivity index (χ3n) is 1.99. The van der Waals surface area contributed by atoms with Gasteiger partial charge in [-0.3, -0.25) is 4.68 Å². The number of aryl methyl sites for hydroxylation is 1. The Kier molecular flexibility index (Phi) is 2.32. The minimum Gasteiger partial charge on any atom is -0.368 e. The zero-order chi connectivity index (χ0) is 10.8. The largest absolute Gasteiger partial charge is 0.368 e. The molecule has 0 aliphatic heterocycles. The molecule has 0 unspecified atom stereocenters. The monoisotopic (exact) mass is 207 g/mol. The summed E-state index contributed by atoms with van der Waals surface area (Å²) in [5, 5.41) is 4.03. The van der Waals surface area contributed by atoms with E-state index in [2.05, 4.69) is 15.1 Å². The van der Waals surface area contributed by atoms with Gasteiger partial charge in [-0.15, -0.1) is 0 Å². The molecule has 0 saturated heterocycles. The summed E-state index contributed by atoms with van der Waals surface area (Å²) >= 11 is 0. The Morgan fingerprint density at radius 2 is 2.27 bits per heavy atom. The Bertz CT molecular complexity index is 479. The summed E-state index contributed by atoms with van der Waals surface area (Å²) in [4.78, 5) is 7.39. The molecular weight excluding hydrogens is 197 g/mol. The van der Waals surface area contributed by atoms with Crippen molar-refractivity contribution in [3.8, 4) is 11.3 Å². The van der Waals surface area contributed by atoms with Crippen LogP contribution >= 0.6 is 0 Å². The molecule has 0 saturated carbocycles. The fraction of sp³-hybridized carbons (Fsp3) is 0.222. The van der Waals surface area contributed by atoms with Gasteiger partial charge in [0, 0.05) is 18.3 Å². The molecule has 78 valence electrons. The third-order valence-corrected chi connectivity index (χ3v) is 1.99. The molecule has 0 bridgehead atoms. The van der Waals surface area contributed by atoms with E-state index in [1.165, 1.54) is 0 Å². The van der Waals surface area contributed by atoms with Crippen molar-refractivity contribution in [3.63, 3.8) is 0 Å². The second-order valence-electron chi connectivity index (χ2n) is 3.01. The lowest BCUT2D eigenvalue weighted by atomic mass is 10.2. The Hall–Kier alpha value is -1.98. The van der Waals surface area contributed by atoms with Gasteiger partial charge < -0.3 is 5.73 Å². The highest BCUT2D eigenvalue weighted by Gasteiger charge is 2.09. The van der Waals surface area contributed by atoms with Crippen molar-refractivity contribution in [1.82, 2.24) is 19.7 Å². The first-order chi connectivity index (χ1) is 7.20. The zero-order valence-electron chi connectivity index (χ0n) is 8.18. The first-order valence-electron chi connectivity index (χ1n) is 4.51. The van der Waals surface area contributed by atoms with E-state index in [1.54, 1.807) is 17.1 Å². The van der Waals surface area contributed by atoms with E-state index < -0.39 is 5.82 Å². The van der Waals surface area contributed by atoms with E-state index in [0.717, 1.165) is 12.7 Å². The van der Waals surface area contributed by atoms with E-state index in [1.807, 2.05) is 6.92 Å². The summed E-state index contributed by atoms with van der Waals surface area (Å²) < 4.78 is 15.0. The predicted octanol–water partition coefficient (Wildman–Crippen LogP) is 1.08. The van der Waals surface area contributed by atoms with E-state index >= 15 is 0 Å². The number of anilines is 1. The van der Waals surface area contributed by atoms with Crippen molar-refractivity contribution < 1.29 is 4.39 Å². The third kappa shape index (κ3) is 1.78. The first kappa shape index (κ1) is 9.57. The number of nitrogen functional groups attached to an aromatic ring is 1. The smallest absolute Gasteiger partial charge is 0.220 e. The van der Waals surface area contributed by atoms with E-state index in [4.69, 9.17) is 5.73 Å². The molecule has 0 aliphatic rings. The number of aromatic nitrogens is 4. The molecule has 2 aromatic rings. The van der Waals surface area contributed by atoms with Crippen LogP contribution in [0.5, 0.6) is 0 Å². The van der Waals surface area contributed by atoms with Crippen LogP contribution in [0.15, 0.2) is 18.6 Å². The Labute approximate surface area is 85.8 Å². The highest BCUT2D eigenvalue weighted by molar-refractivity contribution is 5.58. The van der Waals surface area contributed by atoms with Gasteiger partial charge in [-0.05, 0) is 6.92 Å². The molecule has 6 heteroatoms. The quantitative estimate of drug-likeness (QED) is 0.800. The van der Waals surface area contributed by atoms with Gasteiger partial charge in [-0.1, -0.05) is 0 Å². The van der Waals surface area contributed by atoms with Gasteiger partial charge in [-0.2, -0.15) is 5.10 Å². The molecule has 2 aromatic heterocycles. The molecule has 0 atom stereocenters. The van der Waals surface area contributed by atoms with E-state index in [0.29, 0.717) is 5.56 Å². The molecule has 0 radical (unpaired) electrons. The summed E-state index contributed by atoms with van der Waals surface area (Å²) in [5.41, 5.74) is 6.17. The molecule has 2 heterocycles. The van der Waals surface area contributed by atoms with Crippen molar-refractivity contribution in [2.75, 3.05) is 5.73 Å². The van der Waals surface area contributed by atoms with Crippen LogP contribution in [0.1, 0.15) is 6.92 Å². The molecule has 2 rings (SSSR count). The standard InChI is InChI=1S/C9H10FN5/c1-2-15-5-6(3-13-15)8-7(10)4-12-9(11)14-8/h3-5H,2H2,1H3,(H2,11,12,14). The van der Waals surface area contributed by atoms with Crippen LogP contribution in [0, 0.1) is 5.82 Å². The second-order valence-corrected chi connectivity index (χ2v) is 3.01. The molecule has 2 N–H and O–H groups in total. The van der Waals surface area contributed by atoms with Crippen LogP contribution in [0.4, 0.5) is 10.3 Å². The van der Waals surface area contributed by atoms with Crippen LogP contribution in [0.25, 0.3) is 11.3 Å². The summed E-state index contributed by atoms with van der Waals surface area (Å²) in [7, 11) is 0. The Morgan fingerprint density at radius 3 is 2.93 bits per heavy atom. The SMILES string of the molecule is CCn1cc(-c2nc(N)ncc2F)cn1. The van der Waals surface area contributed by atoms with Gasteiger partial charge in [0.1, 0.15) is 5.69 Å². The maximum absolute atomic E-state index is 13.4. The predicted molar refractivity (Wildman–Crippen MR) is 53.3 cm³/mol. The van der Waals surface area contributed by atoms with Crippen LogP contribution in [0.3, 0.4) is 0 Å². The average molecular weight is 207 g/mol. The summed E-state index contributed by atoms with van der Waals surface area (Å²) in [6.45, 7) is 2.67. The van der Waals surface area contributed by atoms with E-state index in [9.17, 15) is 4.39 Å². The topological polar surface area (TPSA) is 69.6 Å². The Balaban J connectivity index is 2.48. The minimum absolute atomic E-state index is 0.0515.